The van der Waals surface area contributed by atoms with Crippen molar-refractivity contribution in [2.75, 3.05) is 11.4 Å². The minimum Gasteiger partial charge on any atom is -0.339 e. The zero-order chi connectivity index (χ0) is 17.3. The summed E-state index contributed by atoms with van der Waals surface area (Å²) in [6.07, 6.45) is 6.37. The lowest BCUT2D eigenvalue weighted by molar-refractivity contribution is 0.639. The van der Waals surface area contributed by atoms with Crippen LogP contribution in [0.5, 0.6) is 0 Å². The van der Waals surface area contributed by atoms with Crippen LogP contribution in [0, 0.1) is 0 Å². The number of nitrogens with zero attached hydrogens (tertiary/aromatic N) is 4. The molecule has 6 nitrogen and oxygen atoms in total. The summed E-state index contributed by atoms with van der Waals surface area (Å²) in [6, 6.07) is 1.52. The first kappa shape index (κ1) is 16.7. The second kappa shape index (κ2) is 6.76. The first-order chi connectivity index (χ1) is 11.5. The molecule has 0 spiro atoms. The molecule has 0 fully saturated rings. The molecule has 2 heterocycles. The largest absolute Gasteiger partial charge is 0.339 e. The Morgan fingerprint density at radius 2 is 2.04 bits per heavy atom. The molecule has 0 saturated carbocycles. The zero-order valence-electron chi connectivity index (χ0n) is 14.1. The van der Waals surface area contributed by atoms with Crippen LogP contribution in [0.15, 0.2) is 28.3 Å². The van der Waals surface area contributed by atoms with Crippen LogP contribution >= 0.6 is 11.3 Å². The Morgan fingerprint density at radius 3 is 2.75 bits per heavy atom. The van der Waals surface area contributed by atoms with Crippen molar-refractivity contribution in [1.82, 2.24) is 14.1 Å². The van der Waals surface area contributed by atoms with Crippen molar-refractivity contribution in [2.45, 2.75) is 32.2 Å². The number of aromatic nitrogens is 3. The maximum absolute atomic E-state index is 12.1. The lowest BCUT2D eigenvalue weighted by Crippen LogP contribution is -2.39. The summed E-state index contributed by atoms with van der Waals surface area (Å²) < 4.78 is 2.63. The SMILES string of the molecule is C=CCN(Cc1cc(=O)n(C)c(=O)n1C)c1nc2c(s1)CCCC2. The van der Waals surface area contributed by atoms with Gasteiger partial charge < -0.3 is 4.90 Å². The highest BCUT2D eigenvalue weighted by Gasteiger charge is 2.19. The Morgan fingerprint density at radius 1 is 1.29 bits per heavy atom. The minimum absolute atomic E-state index is 0.287. The summed E-state index contributed by atoms with van der Waals surface area (Å²) in [4.78, 5) is 32.3. The average Bonchev–Trinajstić information content (AvgIpc) is 3.01. The predicted octanol–water partition coefficient (Wildman–Crippen LogP) is 1.61. The monoisotopic (exact) mass is 346 g/mol. The first-order valence-corrected chi connectivity index (χ1v) is 8.93. The maximum Gasteiger partial charge on any atom is 0.330 e. The first-order valence-electron chi connectivity index (χ1n) is 8.11. The fourth-order valence-corrected chi connectivity index (χ4v) is 4.12. The highest BCUT2D eigenvalue weighted by Crippen LogP contribution is 2.32. The fraction of sp³-hybridized carbons (Fsp3) is 0.471. The van der Waals surface area contributed by atoms with E-state index in [0.29, 0.717) is 18.8 Å². The Balaban J connectivity index is 1.95. The molecule has 0 atom stereocenters. The van der Waals surface area contributed by atoms with Crippen molar-refractivity contribution < 1.29 is 0 Å². The van der Waals surface area contributed by atoms with Gasteiger partial charge in [0.1, 0.15) is 0 Å². The van der Waals surface area contributed by atoms with Crippen LogP contribution in [0.25, 0.3) is 0 Å². The van der Waals surface area contributed by atoms with Crippen molar-refractivity contribution in [3.8, 4) is 0 Å². The average molecular weight is 346 g/mol. The second-order valence-corrected chi connectivity index (χ2v) is 7.18. The molecule has 0 radical (unpaired) electrons. The molecular weight excluding hydrogens is 324 g/mol. The molecule has 0 saturated heterocycles. The molecule has 1 aliphatic carbocycles. The number of aryl methyl sites for hydroxylation is 2. The van der Waals surface area contributed by atoms with Gasteiger partial charge in [-0.05, 0) is 25.7 Å². The van der Waals surface area contributed by atoms with Gasteiger partial charge in [-0.1, -0.05) is 6.08 Å². The van der Waals surface area contributed by atoms with E-state index in [1.54, 1.807) is 18.4 Å². The highest BCUT2D eigenvalue weighted by molar-refractivity contribution is 7.15. The van der Waals surface area contributed by atoms with E-state index >= 15 is 0 Å². The van der Waals surface area contributed by atoms with Crippen molar-refractivity contribution in [3.63, 3.8) is 0 Å². The molecule has 2 aromatic rings. The van der Waals surface area contributed by atoms with Gasteiger partial charge in [-0.3, -0.25) is 13.9 Å². The topological polar surface area (TPSA) is 60.1 Å². The minimum atomic E-state index is -0.311. The van der Waals surface area contributed by atoms with E-state index in [-0.39, 0.29) is 11.2 Å². The van der Waals surface area contributed by atoms with Gasteiger partial charge in [-0.2, -0.15) is 0 Å². The van der Waals surface area contributed by atoms with Crippen LogP contribution in [0.1, 0.15) is 29.1 Å². The van der Waals surface area contributed by atoms with E-state index in [1.165, 1.54) is 41.1 Å². The van der Waals surface area contributed by atoms with E-state index < -0.39 is 0 Å². The van der Waals surface area contributed by atoms with Crippen molar-refractivity contribution in [3.05, 3.63) is 55.8 Å². The van der Waals surface area contributed by atoms with Crippen LogP contribution in [0.2, 0.25) is 0 Å². The normalized spacial score (nSPS) is 13.6. The van der Waals surface area contributed by atoms with Gasteiger partial charge >= 0.3 is 5.69 Å². The van der Waals surface area contributed by atoms with Gasteiger partial charge in [0.25, 0.3) is 5.56 Å². The Kier molecular flexibility index (Phi) is 4.71. The molecule has 0 amide bonds. The van der Waals surface area contributed by atoms with Crippen LogP contribution in [0.3, 0.4) is 0 Å². The fourth-order valence-electron chi connectivity index (χ4n) is 2.97. The summed E-state index contributed by atoms with van der Waals surface area (Å²) in [5.74, 6) is 0. The summed E-state index contributed by atoms with van der Waals surface area (Å²) in [5, 5.41) is 0.940. The molecule has 0 N–H and O–H groups in total. The quantitative estimate of drug-likeness (QED) is 0.772. The van der Waals surface area contributed by atoms with E-state index in [1.807, 2.05) is 6.08 Å². The van der Waals surface area contributed by atoms with E-state index in [4.69, 9.17) is 4.98 Å². The molecule has 1 aliphatic rings. The molecule has 0 bridgehead atoms. The molecule has 0 unspecified atom stereocenters. The van der Waals surface area contributed by atoms with Crippen LogP contribution in [-0.2, 0) is 33.5 Å². The highest BCUT2D eigenvalue weighted by atomic mass is 32.1. The van der Waals surface area contributed by atoms with Gasteiger partial charge in [0, 0.05) is 37.3 Å². The van der Waals surface area contributed by atoms with Gasteiger partial charge in [-0.25, -0.2) is 9.78 Å². The summed E-state index contributed by atoms with van der Waals surface area (Å²) in [7, 11) is 3.18. The molecular formula is C17H22N4O2S. The zero-order valence-corrected chi connectivity index (χ0v) is 14.9. The summed E-state index contributed by atoms with van der Waals surface area (Å²) >= 11 is 1.72. The van der Waals surface area contributed by atoms with Gasteiger partial charge in [0.15, 0.2) is 5.13 Å². The van der Waals surface area contributed by atoms with Gasteiger partial charge in [0.05, 0.1) is 12.2 Å². The Bertz CT molecular complexity index is 854. The molecule has 0 aromatic carbocycles. The number of hydrogen-bond acceptors (Lipinski definition) is 5. The number of thiazole rings is 1. The van der Waals surface area contributed by atoms with Crippen LogP contribution in [-0.4, -0.2) is 20.7 Å². The molecule has 3 rings (SSSR count). The van der Waals surface area contributed by atoms with Crippen molar-refractivity contribution >= 4 is 16.5 Å². The summed E-state index contributed by atoms with van der Waals surface area (Å²) in [6.45, 7) is 4.90. The molecule has 24 heavy (non-hydrogen) atoms. The van der Waals surface area contributed by atoms with Gasteiger partial charge in [0.2, 0.25) is 0 Å². The lowest BCUT2D eigenvalue weighted by atomic mass is 10.0. The Hall–Kier alpha value is -2.15. The second-order valence-electron chi connectivity index (χ2n) is 6.12. The Labute approximate surface area is 144 Å². The standard InChI is InChI=1S/C17H22N4O2S/c1-4-9-21(16-18-13-7-5-6-8-14(13)24-16)11-12-10-15(22)20(3)17(23)19(12)2/h4,10H,1,5-9,11H2,2-3H3. The third-order valence-corrected chi connectivity index (χ3v) is 5.65. The van der Waals surface area contributed by atoms with E-state index in [0.717, 1.165) is 22.5 Å². The molecule has 0 aliphatic heterocycles. The number of anilines is 1. The number of fused-ring (bicyclic) bond motifs is 1. The van der Waals surface area contributed by atoms with E-state index in [9.17, 15) is 9.59 Å². The maximum atomic E-state index is 12.1. The molecule has 2 aromatic heterocycles. The molecule has 7 heteroatoms. The third kappa shape index (κ3) is 3.08. The third-order valence-electron chi connectivity index (χ3n) is 4.43. The summed E-state index contributed by atoms with van der Waals surface area (Å²) in [5.41, 5.74) is 1.28. The smallest absolute Gasteiger partial charge is 0.330 e. The van der Waals surface area contributed by atoms with Crippen molar-refractivity contribution in [1.29, 1.82) is 0 Å². The predicted molar refractivity (Wildman–Crippen MR) is 96.9 cm³/mol. The van der Waals surface area contributed by atoms with E-state index in [2.05, 4.69) is 11.5 Å². The van der Waals surface area contributed by atoms with Crippen LogP contribution in [0.4, 0.5) is 5.13 Å². The number of rotatable bonds is 5. The number of hydrogen-bond donors (Lipinski definition) is 0. The molecule has 128 valence electrons. The van der Waals surface area contributed by atoms with Crippen molar-refractivity contribution in [2.24, 2.45) is 14.1 Å². The lowest BCUT2D eigenvalue weighted by Gasteiger charge is -2.21. The van der Waals surface area contributed by atoms with Crippen LogP contribution < -0.4 is 16.1 Å². The van der Waals surface area contributed by atoms with Gasteiger partial charge in [-0.15, -0.1) is 17.9 Å².